The van der Waals surface area contributed by atoms with E-state index in [0.717, 1.165) is 39.4 Å². The minimum absolute atomic E-state index is 0.193. The number of fused-ring (bicyclic) bond motifs is 4. The second-order valence-corrected chi connectivity index (χ2v) is 6.97. The van der Waals surface area contributed by atoms with Gasteiger partial charge in [0.15, 0.2) is 0 Å². The Labute approximate surface area is 157 Å². The second-order valence-electron chi connectivity index (χ2n) is 6.97. The smallest absolute Gasteiger partial charge is 0.258 e. The van der Waals surface area contributed by atoms with E-state index in [0.29, 0.717) is 6.42 Å². The molecule has 3 heteroatoms. The summed E-state index contributed by atoms with van der Waals surface area (Å²) >= 11 is 0. The van der Waals surface area contributed by atoms with E-state index >= 15 is 0 Å². The van der Waals surface area contributed by atoms with Crippen molar-refractivity contribution in [2.75, 3.05) is 0 Å². The molecule has 4 aromatic carbocycles. The van der Waals surface area contributed by atoms with Crippen LogP contribution in [0, 0.1) is 10.1 Å². The lowest BCUT2D eigenvalue weighted by atomic mass is 9.80. The summed E-state index contributed by atoms with van der Waals surface area (Å²) in [6.45, 7) is 0. The first-order valence-electron chi connectivity index (χ1n) is 9.07. The molecule has 0 fully saturated rings. The molecule has 0 spiro atoms. The van der Waals surface area contributed by atoms with Crippen molar-refractivity contribution in [1.82, 2.24) is 0 Å². The van der Waals surface area contributed by atoms with Crippen molar-refractivity contribution in [3.63, 3.8) is 0 Å². The van der Waals surface area contributed by atoms with E-state index in [9.17, 15) is 10.1 Å². The summed E-state index contributed by atoms with van der Waals surface area (Å²) in [5.74, 6) is 0. The Balaban J connectivity index is 1.92. The first kappa shape index (κ1) is 15.8. The highest BCUT2D eigenvalue weighted by Crippen LogP contribution is 2.45. The van der Waals surface area contributed by atoms with E-state index in [1.54, 1.807) is 0 Å². The fraction of sp³-hybridized carbons (Fsp3) is 0.0833. The molecule has 0 saturated carbocycles. The van der Waals surface area contributed by atoms with Gasteiger partial charge in [-0.05, 0) is 39.4 Å². The van der Waals surface area contributed by atoms with Crippen molar-refractivity contribution in [2.24, 2.45) is 0 Å². The Morgan fingerprint density at radius 3 is 1.89 bits per heavy atom. The van der Waals surface area contributed by atoms with Gasteiger partial charge in [-0.3, -0.25) is 10.1 Å². The molecule has 0 saturated heterocycles. The minimum atomic E-state index is -0.193. The average Bonchev–Trinajstić information content (AvgIpc) is 2.72. The Hall–Kier alpha value is -3.46. The van der Waals surface area contributed by atoms with E-state index in [2.05, 4.69) is 18.2 Å². The van der Waals surface area contributed by atoms with Gasteiger partial charge in [0.25, 0.3) is 5.69 Å². The van der Waals surface area contributed by atoms with Crippen molar-refractivity contribution in [3.05, 3.63) is 111 Å². The van der Waals surface area contributed by atoms with Gasteiger partial charge < -0.3 is 0 Å². The van der Waals surface area contributed by atoms with E-state index in [1.807, 2.05) is 60.7 Å². The largest absolute Gasteiger partial charge is 0.281 e. The SMILES string of the molecule is O=[N+]([O-])c1c2c(c3ccccc3c1-c1ccccc1)Cc1ccccc1C2. The van der Waals surface area contributed by atoms with Crippen LogP contribution in [-0.2, 0) is 12.8 Å². The van der Waals surface area contributed by atoms with E-state index in [-0.39, 0.29) is 10.6 Å². The van der Waals surface area contributed by atoms with Gasteiger partial charge in [0.2, 0.25) is 0 Å². The number of hydrogen-bond donors (Lipinski definition) is 0. The molecule has 5 rings (SSSR count). The molecular formula is C24H17NO2. The third-order valence-electron chi connectivity index (χ3n) is 5.51. The van der Waals surface area contributed by atoms with Crippen LogP contribution >= 0.6 is 0 Å². The second kappa shape index (κ2) is 6.06. The van der Waals surface area contributed by atoms with Crippen LogP contribution in [0.2, 0.25) is 0 Å². The molecule has 0 unspecified atom stereocenters. The van der Waals surface area contributed by atoms with Gasteiger partial charge in [0.1, 0.15) is 0 Å². The van der Waals surface area contributed by atoms with Crippen molar-refractivity contribution >= 4 is 16.5 Å². The fourth-order valence-electron chi connectivity index (χ4n) is 4.32. The molecule has 0 radical (unpaired) electrons. The monoisotopic (exact) mass is 351 g/mol. The highest BCUT2D eigenvalue weighted by molar-refractivity contribution is 6.04. The van der Waals surface area contributed by atoms with Gasteiger partial charge in [0, 0.05) is 12.0 Å². The third kappa shape index (κ3) is 2.43. The lowest BCUT2D eigenvalue weighted by Crippen LogP contribution is -2.12. The average molecular weight is 351 g/mol. The standard InChI is InChI=1S/C24H17NO2/c26-25(27)24-22-15-18-11-5-4-10-17(18)14-21(22)19-12-6-7-13-20(19)23(24)16-8-2-1-3-9-16/h1-13H,14-15H2. The third-order valence-corrected chi connectivity index (χ3v) is 5.51. The summed E-state index contributed by atoms with van der Waals surface area (Å²) < 4.78 is 0. The van der Waals surface area contributed by atoms with Gasteiger partial charge in [-0.25, -0.2) is 0 Å². The van der Waals surface area contributed by atoms with E-state index < -0.39 is 0 Å². The predicted octanol–water partition coefficient (Wildman–Crippen LogP) is 5.91. The molecular weight excluding hydrogens is 334 g/mol. The van der Waals surface area contributed by atoms with Crippen LogP contribution in [0.5, 0.6) is 0 Å². The van der Waals surface area contributed by atoms with Crippen molar-refractivity contribution in [2.45, 2.75) is 12.8 Å². The Morgan fingerprint density at radius 1 is 0.667 bits per heavy atom. The highest BCUT2D eigenvalue weighted by Gasteiger charge is 2.30. The van der Waals surface area contributed by atoms with Crippen LogP contribution in [0.25, 0.3) is 21.9 Å². The van der Waals surface area contributed by atoms with Crippen molar-refractivity contribution in [3.8, 4) is 11.1 Å². The minimum Gasteiger partial charge on any atom is -0.258 e. The van der Waals surface area contributed by atoms with Gasteiger partial charge >= 0.3 is 0 Å². The van der Waals surface area contributed by atoms with E-state index in [4.69, 9.17) is 0 Å². The van der Waals surface area contributed by atoms with Crippen LogP contribution in [0.15, 0.2) is 78.9 Å². The quantitative estimate of drug-likeness (QED) is 0.293. The molecule has 0 amide bonds. The molecule has 1 aliphatic carbocycles. The molecule has 4 aromatic rings. The number of rotatable bonds is 2. The molecule has 27 heavy (non-hydrogen) atoms. The maximum atomic E-state index is 12.2. The maximum Gasteiger partial charge on any atom is 0.281 e. The van der Waals surface area contributed by atoms with Crippen LogP contribution < -0.4 is 0 Å². The zero-order valence-electron chi connectivity index (χ0n) is 14.7. The highest BCUT2D eigenvalue weighted by atomic mass is 16.6. The van der Waals surface area contributed by atoms with Crippen LogP contribution in [0.1, 0.15) is 22.3 Å². The van der Waals surface area contributed by atoms with Gasteiger partial charge in [-0.2, -0.15) is 0 Å². The van der Waals surface area contributed by atoms with Gasteiger partial charge in [-0.15, -0.1) is 0 Å². The lowest BCUT2D eigenvalue weighted by Gasteiger charge is -2.23. The molecule has 130 valence electrons. The summed E-state index contributed by atoms with van der Waals surface area (Å²) in [5.41, 5.74) is 6.27. The molecule has 0 bridgehead atoms. The number of benzene rings is 4. The van der Waals surface area contributed by atoms with Gasteiger partial charge in [0.05, 0.1) is 10.5 Å². The molecule has 3 nitrogen and oxygen atoms in total. The van der Waals surface area contributed by atoms with Crippen molar-refractivity contribution < 1.29 is 4.92 Å². The molecule has 1 aliphatic rings. The van der Waals surface area contributed by atoms with Crippen LogP contribution in [-0.4, -0.2) is 4.92 Å². The molecule has 0 atom stereocenters. The van der Waals surface area contributed by atoms with Crippen molar-refractivity contribution in [1.29, 1.82) is 0 Å². The lowest BCUT2D eigenvalue weighted by molar-refractivity contribution is -0.384. The zero-order valence-corrected chi connectivity index (χ0v) is 14.7. The topological polar surface area (TPSA) is 43.1 Å². The first-order chi connectivity index (χ1) is 13.2. The summed E-state index contributed by atoms with van der Waals surface area (Å²) in [4.78, 5) is 12.0. The maximum absolute atomic E-state index is 12.2. The Morgan fingerprint density at radius 2 is 1.22 bits per heavy atom. The number of nitro benzene ring substituents is 1. The summed E-state index contributed by atoms with van der Waals surface area (Å²) in [6.07, 6.45) is 1.34. The summed E-state index contributed by atoms with van der Waals surface area (Å²) in [7, 11) is 0. The number of nitro groups is 1. The van der Waals surface area contributed by atoms with E-state index in [1.165, 1.54) is 11.1 Å². The first-order valence-corrected chi connectivity index (χ1v) is 9.07. The molecule has 0 N–H and O–H groups in total. The van der Waals surface area contributed by atoms with Crippen LogP contribution in [0.4, 0.5) is 5.69 Å². The summed E-state index contributed by atoms with van der Waals surface area (Å²) in [6, 6.07) is 26.1. The molecule has 0 heterocycles. The fourth-order valence-corrected chi connectivity index (χ4v) is 4.32. The normalized spacial score (nSPS) is 12.4. The van der Waals surface area contributed by atoms with Gasteiger partial charge in [-0.1, -0.05) is 78.9 Å². The Bertz CT molecular complexity index is 1200. The molecule has 0 aromatic heterocycles. The molecule has 0 aliphatic heterocycles. The Kier molecular flexibility index (Phi) is 3.54. The predicted molar refractivity (Wildman–Crippen MR) is 108 cm³/mol. The number of hydrogen-bond acceptors (Lipinski definition) is 2. The van der Waals surface area contributed by atoms with Crippen LogP contribution in [0.3, 0.4) is 0 Å². The number of nitrogens with zero attached hydrogens (tertiary/aromatic N) is 1. The summed E-state index contributed by atoms with van der Waals surface area (Å²) in [5, 5.41) is 14.3. The zero-order chi connectivity index (χ0) is 18.4.